The lowest BCUT2D eigenvalue weighted by Gasteiger charge is -2.32. The summed E-state index contributed by atoms with van der Waals surface area (Å²) >= 11 is 0. The molecule has 0 saturated heterocycles. The lowest BCUT2D eigenvalue weighted by Crippen LogP contribution is -2.52. The summed E-state index contributed by atoms with van der Waals surface area (Å²) in [5, 5.41) is 2.90. The number of carbonyl (C=O) groups excluding carboxylic acids is 2. The van der Waals surface area contributed by atoms with Crippen molar-refractivity contribution in [3.8, 4) is 11.5 Å². The smallest absolute Gasteiger partial charge is 0.244 e. The maximum atomic E-state index is 13.5. The van der Waals surface area contributed by atoms with E-state index in [1.807, 2.05) is 13.8 Å². The van der Waals surface area contributed by atoms with Crippen molar-refractivity contribution in [1.29, 1.82) is 0 Å². The van der Waals surface area contributed by atoms with Crippen molar-refractivity contribution in [2.45, 2.75) is 45.8 Å². The van der Waals surface area contributed by atoms with Gasteiger partial charge in [0.15, 0.2) is 0 Å². The van der Waals surface area contributed by atoms with Gasteiger partial charge in [-0.2, -0.15) is 0 Å². The molecule has 0 bridgehead atoms. The standard InChI is InChI=1S/C25H35N3O6S/c1-7-18(2)26-25(30)19(3)27(16-20-11-13-22(33-4)14-12-20)24(29)17-28(35(6,31)32)21-9-8-10-23(15-21)34-5/h8-15,18-19H,7,16-17H2,1-6H3,(H,26,30)/t18-,19+/m0/s1. The van der Waals surface area contributed by atoms with E-state index in [9.17, 15) is 18.0 Å². The van der Waals surface area contributed by atoms with Gasteiger partial charge in [0, 0.05) is 18.7 Å². The van der Waals surface area contributed by atoms with E-state index in [0.717, 1.165) is 22.5 Å². The van der Waals surface area contributed by atoms with Crippen LogP contribution in [-0.4, -0.2) is 64.2 Å². The molecular formula is C25H35N3O6S. The second kappa shape index (κ2) is 12.4. The van der Waals surface area contributed by atoms with Crippen molar-refractivity contribution < 1.29 is 27.5 Å². The Hall–Kier alpha value is -3.27. The van der Waals surface area contributed by atoms with Crippen LogP contribution in [0, 0.1) is 0 Å². The van der Waals surface area contributed by atoms with Gasteiger partial charge in [0.05, 0.1) is 26.2 Å². The van der Waals surface area contributed by atoms with Gasteiger partial charge in [0.2, 0.25) is 21.8 Å². The minimum atomic E-state index is -3.81. The van der Waals surface area contributed by atoms with Crippen molar-refractivity contribution in [2.24, 2.45) is 0 Å². The molecule has 0 aliphatic heterocycles. The highest BCUT2D eigenvalue weighted by atomic mass is 32.2. The number of methoxy groups -OCH3 is 2. The third-order valence-electron chi connectivity index (χ3n) is 5.70. The van der Waals surface area contributed by atoms with Crippen molar-refractivity contribution in [1.82, 2.24) is 10.2 Å². The second-order valence-corrected chi connectivity index (χ2v) is 10.2. The fourth-order valence-corrected chi connectivity index (χ4v) is 4.20. The summed E-state index contributed by atoms with van der Waals surface area (Å²) in [6, 6.07) is 12.7. The summed E-state index contributed by atoms with van der Waals surface area (Å²) in [5.74, 6) is 0.296. The van der Waals surface area contributed by atoms with Gasteiger partial charge < -0.3 is 19.7 Å². The van der Waals surface area contributed by atoms with E-state index in [1.54, 1.807) is 62.6 Å². The summed E-state index contributed by atoms with van der Waals surface area (Å²) < 4.78 is 36.7. The van der Waals surface area contributed by atoms with Crippen LogP contribution in [0.5, 0.6) is 11.5 Å². The molecule has 0 spiro atoms. The fourth-order valence-electron chi connectivity index (χ4n) is 3.36. The van der Waals surface area contributed by atoms with Crippen molar-refractivity contribution >= 4 is 27.5 Å². The Bertz CT molecular complexity index is 1100. The number of amides is 2. The highest BCUT2D eigenvalue weighted by Crippen LogP contribution is 2.24. The third kappa shape index (κ3) is 7.88. The first-order valence-corrected chi connectivity index (χ1v) is 13.2. The summed E-state index contributed by atoms with van der Waals surface area (Å²) in [5.41, 5.74) is 1.07. The molecule has 2 amide bonds. The SMILES string of the molecule is CC[C@H](C)NC(=O)[C@@H](C)N(Cc1ccc(OC)cc1)C(=O)CN(c1cccc(OC)c1)S(C)(=O)=O. The van der Waals surface area contributed by atoms with E-state index in [-0.39, 0.29) is 18.5 Å². The fraction of sp³-hybridized carbons (Fsp3) is 0.440. The molecule has 35 heavy (non-hydrogen) atoms. The molecule has 0 heterocycles. The number of nitrogens with zero attached hydrogens (tertiary/aromatic N) is 2. The van der Waals surface area contributed by atoms with Crippen LogP contribution < -0.4 is 19.1 Å². The number of nitrogens with one attached hydrogen (secondary N) is 1. The Morgan fingerprint density at radius 1 is 1.00 bits per heavy atom. The van der Waals surface area contributed by atoms with Gasteiger partial charge in [-0.1, -0.05) is 25.1 Å². The minimum absolute atomic E-state index is 0.0628. The molecule has 0 fully saturated rings. The largest absolute Gasteiger partial charge is 0.497 e. The predicted octanol–water partition coefficient (Wildman–Crippen LogP) is 2.80. The van der Waals surface area contributed by atoms with E-state index in [4.69, 9.17) is 9.47 Å². The summed E-state index contributed by atoms with van der Waals surface area (Å²) in [6.07, 6.45) is 1.77. The van der Waals surface area contributed by atoms with Gasteiger partial charge >= 0.3 is 0 Å². The van der Waals surface area contributed by atoms with Crippen LogP contribution in [0.1, 0.15) is 32.8 Å². The van der Waals surface area contributed by atoms with Gasteiger partial charge in [-0.15, -0.1) is 0 Å². The van der Waals surface area contributed by atoms with E-state index in [2.05, 4.69) is 5.32 Å². The number of benzene rings is 2. The first kappa shape index (κ1) is 28.0. The zero-order valence-electron chi connectivity index (χ0n) is 21.1. The molecule has 1 N–H and O–H groups in total. The van der Waals surface area contributed by atoms with Crippen LogP contribution in [0.15, 0.2) is 48.5 Å². The maximum Gasteiger partial charge on any atom is 0.244 e. The van der Waals surface area contributed by atoms with Crippen LogP contribution >= 0.6 is 0 Å². The minimum Gasteiger partial charge on any atom is -0.497 e. The maximum absolute atomic E-state index is 13.5. The van der Waals surface area contributed by atoms with Crippen LogP contribution in [-0.2, 0) is 26.2 Å². The van der Waals surface area contributed by atoms with Crippen molar-refractivity contribution in [3.63, 3.8) is 0 Å². The van der Waals surface area contributed by atoms with Crippen LogP contribution in [0.2, 0.25) is 0 Å². The van der Waals surface area contributed by atoms with E-state index in [1.165, 1.54) is 12.0 Å². The van der Waals surface area contributed by atoms with E-state index >= 15 is 0 Å². The molecule has 0 radical (unpaired) electrons. The molecule has 2 rings (SSSR count). The molecule has 2 atom stereocenters. The zero-order valence-corrected chi connectivity index (χ0v) is 22.0. The van der Waals surface area contributed by atoms with Gasteiger partial charge in [-0.05, 0) is 50.1 Å². The number of rotatable bonds is 12. The first-order chi connectivity index (χ1) is 16.5. The first-order valence-electron chi connectivity index (χ1n) is 11.3. The van der Waals surface area contributed by atoms with E-state index in [0.29, 0.717) is 17.2 Å². The molecule has 2 aromatic carbocycles. The van der Waals surface area contributed by atoms with Crippen LogP contribution in [0.4, 0.5) is 5.69 Å². The molecule has 0 aliphatic rings. The molecule has 9 nitrogen and oxygen atoms in total. The van der Waals surface area contributed by atoms with Gasteiger partial charge in [-0.25, -0.2) is 8.42 Å². The number of carbonyl (C=O) groups is 2. The molecule has 10 heteroatoms. The molecule has 192 valence electrons. The number of hydrogen-bond acceptors (Lipinski definition) is 6. The Labute approximate surface area is 208 Å². The van der Waals surface area contributed by atoms with Crippen molar-refractivity contribution in [3.05, 3.63) is 54.1 Å². The monoisotopic (exact) mass is 505 g/mol. The molecule has 2 aromatic rings. The zero-order chi connectivity index (χ0) is 26.2. The Kier molecular flexibility index (Phi) is 9.94. The summed E-state index contributed by atoms with van der Waals surface area (Å²) in [7, 11) is -0.774. The quantitative estimate of drug-likeness (QED) is 0.476. The lowest BCUT2D eigenvalue weighted by molar-refractivity contribution is -0.139. The lowest BCUT2D eigenvalue weighted by atomic mass is 10.1. The molecule has 0 unspecified atom stereocenters. The van der Waals surface area contributed by atoms with Crippen molar-refractivity contribution in [2.75, 3.05) is 31.3 Å². The average Bonchev–Trinajstić information content (AvgIpc) is 2.84. The number of sulfonamides is 1. The van der Waals surface area contributed by atoms with Gasteiger partial charge in [-0.3, -0.25) is 13.9 Å². The van der Waals surface area contributed by atoms with Crippen LogP contribution in [0.3, 0.4) is 0 Å². The second-order valence-electron chi connectivity index (χ2n) is 8.33. The number of anilines is 1. The highest BCUT2D eigenvalue weighted by Gasteiger charge is 2.30. The normalized spacial score (nSPS) is 12.9. The summed E-state index contributed by atoms with van der Waals surface area (Å²) in [6.45, 7) is 5.12. The molecule has 0 aliphatic carbocycles. The third-order valence-corrected chi connectivity index (χ3v) is 6.84. The topological polar surface area (TPSA) is 105 Å². The summed E-state index contributed by atoms with van der Waals surface area (Å²) in [4.78, 5) is 27.8. The predicted molar refractivity (Wildman–Crippen MR) is 136 cm³/mol. The highest BCUT2D eigenvalue weighted by molar-refractivity contribution is 7.92. The van der Waals surface area contributed by atoms with Gasteiger partial charge in [0.25, 0.3) is 0 Å². The molecule has 0 aromatic heterocycles. The Morgan fingerprint density at radius 3 is 2.17 bits per heavy atom. The average molecular weight is 506 g/mol. The molecule has 0 saturated carbocycles. The number of hydrogen-bond donors (Lipinski definition) is 1. The van der Waals surface area contributed by atoms with Gasteiger partial charge in [0.1, 0.15) is 24.1 Å². The Balaban J connectivity index is 2.39. The van der Waals surface area contributed by atoms with Crippen LogP contribution in [0.25, 0.3) is 0 Å². The Morgan fingerprint density at radius 2 is 1.63 bits per heavy atom. The number of ether oxygens (including phenoxy) is 2. The van der Waals surface area contributed by atoms with E-state index < -0.39 is 28.5 Å². The molecular weight excluding hydrogens is 470 g/mol.